The first-order valence-corrected chi connectivity index (χ1v) is 12.5. The van der Waals surface area contributed by atoms with Crippen LogP contribution in [0.25, 0.3) is 0 Å². The van der Waals surface area contributed by atoms with Crippen LogP contribution in [0.4, 0.5) is 5.69 Å². The van der Waals surface area contributed by atoms with Crippen LogP contribution >= 0.6 is 11.6 Å². The summed E-state index contributed by atoms with van der Waals surface area (Å²) in [5.41, 5.74) is 1.90. The third-order valence-corrected chi connectivity index (χ3v) is 6.90. The van der Waals surface area contributed by atoms with Crippen LogP contribution in [0.3, 0.4) is 0 Å². The predicted molar refractivity (Wildman–Crippen MR) is 137 cm³/mol. The normalized spacial score (nSPS) is 15.8. The molecule has 0 unspecified atom stereocenters. The highest BCUT2D eigenvalue weighted by molar-refractivity contribution is 6.30. The van der Waals surface area contributed by atoms with Crippen LogP contribution in [0, 0.1) is 18.3 Å². The number of amides is 2. The molecule has 0 aliphatic heterocycles. The summed E-state index contributed by atoms with van der Waals surface area (Å²) in [5, 5.41) is 3.50. The van der Waals surface area contributed by atoms with Gasteiger partial charge in [-0.3, -0.25) is 9.59 Å². The van der Waals surface area contributed by atoms with Gasteiger partial charge in [-0.2, -0.15) is 0 Å². The molecule has 0 saturated heterocycles. The van der Waals surface area contributed by atoms with E-state index in [9.17, 15) is 14.4 Å². The molecule has 181 valence electrons. The Morgan fingerprint density at radius 2 is 1.82 bits per heavy atom. The molecule has 5 nitrogen and oxygen atoms in total. The maximum absolute atomic E-state index is 12.9. The van der Waals surface area contributed by atoms with Gasteiger partial charge in [-0.15, -0.1) is 0 Å². The van der Waals surface area contributed by atoms with Gasteiger partial charge in [0.2, 0.25) is 11.8 Å². The van der Waals surface area contributed by atoms with Crippen molar-refractivity contribution in [2.45, 2.75) is 57.4 Å². The molecule has 3 rings (SSSR count). The number of rotatable bonds is 11. The Bertz CT molecular complexity index is 944. The highest BCUT2D eigenvalue weighted by atomic mass is 35.5. The van der Waals surface area contributed by atoms with E-state index in [0.29, 0.717) is 17.2 Å². The van der Waals surface area contributed by atoms with E-state index in [-0.39, 0.29) is 30.6 Å². The molecule has 1 radical (unpaired) electrons. The first-order valence-electron chi connectivity index (χ1n) is 12.1. The molecule has 34 heavy (non-hydrogen) atoms. The first kappa shape index (κ1) is 26.0. The molecule has 2 amide bonds. The fourth-order valence-corrected chi connectivity index (χ4v) is 4.91. The van der Waals surface area contributed by atoms with Crippen molar-refractivity contribution >= 4 is 35.4 Å². The molecule has 2 aromatic rings. The van der Waals surface area contributed by atoms with Crippen molar-refractivity contribution in [3.8, 4) is 0 Å². The second kappa shape index (κ2) is 13.3. The molecule has 1 aliphatic carbocycles. The van der Waals surface area contributed by atoms with Crippen LogP contribution < -0.4 is 10.2 Å². The highest BCUT2D eigenvalue weighted by Crippen LogP contribution is 2.34. The Labute approximate surface area is 207 Å². The Balaban J connectivity index is 1.55. The smallest absolute Gasteiger partial charge is 0.226 e. The second-order valence-electron chi connectivity index (χ2n) is 9.14. The lowest BCUT2D eigenvalue weighted by Gasteiger charge is -2.30. The number of para-hydroxylation sites is 1. The van der Waals surface area contributed by atoms with E-state index in [4.69, 9.17) is 11.6 Å². The topological polar surface area (TPSA) is 66.5 Å². The van der Waals surface area contributed by atoms with E-state index in [0.717, 1.165) is 30.5 Å². The number of nitrogens with one attached hydrogen (secondary N) is 1. The second-order valence-corrected chi connectivity index (χ2v) is 9.58. The molecule has 0 bridgehead atoms. The highest BCUT2D eigenvalue weighted by Gasteiger charge is 2.27. The number of aldehydes is 1. The molecule has 0 spiro atoms. The summed E-state index contributed by atoms with van der Waals surface area (Å²) in [6.07, 6.45) is 9.44. The van der Waals surface area contributed by atoms with Crippen molar-refractivity contribution in [2.24, 2.45) is 11.8 Å². The summed E-state index contributed by atoms with van der Waals surface area (Å²) in [7, 11) is 1.71. The number of benzene rings is 2. The lowest BCUT2D eigenvalue weighted by atomic mass is 9.76. The standard InChI is InChI=1S/C28H34ClN2O3/c1-31(26-13-6-3-7-14-26)28(34)16-15-25(20-32)30-27(33)19-23(22-10-4-2-5-11-22)17-21-9-8-12-24(29)18-21/h3,6-9,12-14,18-20,22-23,25H,2,4-5,10-11,15-17H2,1H3,(H,30,33)/t23-,25+/m1/s1. The van der Waals surface area contributed by atoms with Gasteiger partial charge in [-0.1, -0.05) is 74.0 Å². The first-order chi connectivity index (χ1) is 16.5. The quantitative estimate of drug-likeness (QED) is 0.436. The summed E-state index contributed by atoms with van der Waals surface area (Å²) >= 11 is 6.17. The minimum absolute atomic E-state index is 0.0805. The molecule has 1 saturated carbocycles. The molecule has 0 heterocycles. The minimum atomic E-state index is -0.699. The molecular weight excluding hydrogens is 448 g/mol. The molecule has 1 N–H and O–H groups in total. The molecule has 0 aromatic heterocycles. The van der Waals surface area contributed by atoms with Crippen LogP contribution in [0.1, 0.15) is 50.5 Å². The fourth-order valence-electron chi connectivity index (χ4n) is 4.70. The molecule has 1 fully saturated rings. The van der Waals surface area contributed by atoms with E-state index in [1.807, 2.05) is 54.6 Å². The van der Waals surface area contributed by atoms with Gasteiger partial charge in [0.15, 0.2) is 0 Å². The zero-order valence-electron chi connectivity index (χ0n) is 19.8. The van der Waals surface area contributed by atoms with E-state index in [1.165, 1.54) is 19.3 Å². The Morgan fingerprint density at radius 1 is 1.09 bits per heavy atom. The van der Waals surface area contributed by atoms with Crippen molar-refractivity contribution in [1.29, 1.82) is 0 Å². The van der Waals surface area contributed by atoms with Crippen LogP contribution in [-0.2, 0) is 20.8 Å². The molecule has 6 heteroatoms. The number of carbonyl (C=O) groups is 3. The average Bonchev–Trinajstić information content (AvgIpc) is 2.86. The monoisotopic (exact) mass is 481 g/mol. The van der Waals surface area contributed by atoms with Gasteiger partial charge in [-0.25, -0.2) is 0 Å². The van der Waals surface area contributed by atoms with Crippen LogP contribution in [-0.4, -0.2) is 31.2 Å². The van der Waals surface area contributed by atoms with E-state index in [2.05, 4.69) is 5.32 Å². The number of hydrogen-bond donors (Lipinski definition) is 1. The van der Waals surface area contributed by atoms with E-state index in [1.54, 1.807) is 18.4 Å². The summed E-state index contributed by atoms with van der Waals surface area (Å²) in [4.78, 5) is 38.6. The van der Waals surface area contributed by atoms with Crippen LogP contribution in [0.2, 0.25) is 5.02 Å². The number of anilines is 1. The number of nitrogens with zero attached hydrogens (tertiary/aromatic N) is 1. The van der Waals surface area contributed by atoms with Crippen molar-refractivity contribution < 1.29 is 14.4 Å². The number of hydrogen-bond acceptors (Lipinski definition) is 3. The number of carbonyl (C=O) groups excluding carboxylic acids is 3. The van der Waals surface area contributed by atoms with Gasteiger partial charge >= 0.3 is 0 Å². The summed E-state index contributed by atoms with van der Waals surface area (Å²) < 4.78 is 0. The van der Waals surface area contributed by atoms with Crippen molar-refractivity contribution in [2.75, 3.05) is 11.9 Å². The average molecular weight is 482 g/mol. The third-order valence-electron chi connectivity index (χ3n) is 6.66. The summed E-state index contributed by atoms with van der Waals surface area (Å²) in [5.74, 6) is 0.169. The van der Waals surface area contributed by atoms with E-state index < -0.39 is 6.04 Å². The Morgan fingerprint density at radius 3 is 2.50 bits per heavy atom. The third kappa shape index (κ3) is 7.98. The van der Waals surface area contributed by atoms with Crippen molar-refractivity contribution in [3.05, 3.63) is 71.6 Å². The minimum Gasteiger partial charge on any atom is -0.346 e. The van der Waals surface area contributed by atoms with Gasteiger partial charge in [0.05, 0.1) is 12.5 Å². The SMILES string of the molecule is CN(C(=O)CC[C@@H](C=O)NC(=O)[CH][C@@H](Cc1cccc(Cl)c1)C1CCCCC1)c1ccccc1. The van der Waals surface area contributed by atoms with Gasteiger partial charge in [0, 0.05) is 24.2 Å². The van der Waals surface area contributed by atoms with Gasteiger partial charge in [0.1, 0.15) is 6.29 Å². The van der Waals surface area contributed by atoms with E-state index >= 15 is 0 Å². The van der Waals surface area contributed by atoms with Gasteiger partial charge < -0.3 is 15.0 Å². The lowest BCUT2D eigenvalue weighted by Crippen LogP contribution is -2.39. The zero-order valence-corrected chi connectivity index (χ0v) is 20.5. The Hall–Kier alpha value is -2.66. The largest absolute Gasteiger partial charge is 0.346 e. The maximum atomic E-state index is 12.9. The molecular formula is C28H34ClN2O3. The zero-order chi connectivity index (χ0) is 24.3. The fraction of sp³-hybridized carbons (Fsp3) is 0.429. The maximum Gasteiger partial charge on any atom is 0.226 e. The number of halogens is 1. The molecule has 2 atom stereocenters. The van der Waals surface area contributed by atoms with Gasteiger partial charge in [0.25, 0.3) is 0 Å². The Kier molecular flexibility index (Phi) is 10.1. The lowest BCUT2D eigenvalue weighted by molar-refractivity contribution is -0.123. The van der Waals surface area contributed by atoms with Crippen LogP contribution in [0.5, 0.6) is 0 Å². The van der Waals surface area contributed by atoms with Crippen molar-refractivity contribution in [1.82, 2.24) is 5.32 Å². The summed E-state index contributed by atoms with van der Waals surface area (Å²) in [6, 6.07) is 16.4. The summed E-state index contributed by atoms with van der Waals surface area (Å²) in [6.45, 7) is 0. The molecule has 2 aromatic carbocycles. The van der Waals surface area contributed by atoms with Gasteiger partial charge in [-0.05, 0) is 54.5 Å². The molecule has 1 aliphatic rings. The van der Waals surface area contributed by atoms with Crippen molar-refractivity contribution in [3.63, 3.8) is 0 Å². The van der Waals surface area contributed by atoms with Crippen LogP contribution in [0.15, 0.2) is 54.6 Å². The predicted octanol–water partition coefficient (Wildman–Crippen LogP) is 5.41.